The standard InChI is InChI=1S/C15H18BrNO2S/c1-2-18-13-4-3-5-14(9-13)19-7-6-17-10-15-8-12(16)11-20-15/h3-5,8-9,11,17H,2,6-7,10H2,1H3. The Hall–Kier alpha value is -1.04. The predicted molar refractivity (Wildman–Crippen MR) is 86.8 cm³/mol. The van der Waals surface area contributed by atoms with Crippen LogP contribution in [0.3, 0.4) is 0 Å². The van der Waals surface area contributed by atoms with E-state index in [4.69, 9.17) is 9.47 Å². The third-order valence-corrected chi connectivity index (χ3v) is 4.28. The molecule has 0 spiro atoms. The van der Waals surface area contributed by atoms with Crippen molar-refractivity contribution in [2.75, 3.05) is 19.8 Å². The summed E-state index contributed by atoms with van der Waals surface area (Å²) in [5.41, 5.74) is 0. The van der Waals surface area contributed by atoms with E-state index in [1.54, 1.807) is 11.3 Å². The maximum Gasteiger partial charge on any atom is 0.123 e. The third kappa shape index (κ3) is 5.15. The Bertz CT molecular complexity index is 530. The minimum absolute atomic E-state index is 0.641. The van der Waals surface area contributed by atoms with Gasteiger partial charge in [-0.1, -0.05) is 6.07 Å². The summed E-state index contributed by atoms with van der Waals surface area (Å²) >= 11 is 5.20. The lowest BCUT2D eigenvalue weighted by Gasteiger charge is -2.09. The topological polar surface area (TPSA) is 30.5 Å². The second-order valence-electron chi connectivity index (χ2n) is 4.16. The monoisotopic (exact) mass is 355 g/mol. The molecule has 1 aromatic heterocycles. The minimum Gasteiger partial charge on any atom is -0.494 e. The fourth-order valence-electron chi connectivity index (χ4n) is 1.72. The van der Waals surface area contributed by atoms with E-state index >= 15 is 0 Å². The maximum absolute atomic E-state index is 5.69. The smallest absolute Gasteiger partial charge is 0.123 e. The predicted octanol–water partition coefficient (Wildman–Crippen LogP) is 4.08. The van der Waals surface area contributed by atoms with Gasteiger partial charge in [0, 0.05) is 33.9 Å². The van der Waals surface area contributed by atoms with E-state index in [2.05, 4.69) is 32.7 Å². The Morgan fingerprint density at radius 1 is 1.20 bits per heavy atom. The summed E-state index contributed by atoms with van der Waals surface area (Å²) in [7, 11) is 0. The normalized spacial score (nSPS) is 10.5. The lowest BCUT2D eigenvalue weighted by molar-refractivity contribution is 0.306. The van der Waals surface area contributed by atoms with Crippen LogP contribution in [-0.4, -0.2) is 19.8 Å². The quantitative estimate of drug-likeness (QED) is 0.723. The Morgan fingerprint density at radius 3 is 2.70 bits per heavy atom. The molecule has 1 heterocycles. The number of halogens is 1. The minimum atomic E-state index is 0.641. The number of hydrogen-bond donors (Lipinski definition) is 1. The van der Waals surface area contributed by atoms with E-state index < -0.39 is 0 Å². The number of hydrogen-bond acceptors (Lipinski definition) is 4. The summed E-state index contributed by atoms with van der Waals surface area (Å²) in [6, 6.07) is 9.86. The molecule has 0 aliphatic rings. The van der Waals surface area contributed by atoms with Crippen LogP contribution in [0.4, 0.5) is 0 Å². The molecule has 0 saturated carbocycles. The number of rotatable bonds is 8. The summed E-state index contributed by atoms with van der Waals surface area (Å²) in [5, 5.41) is 5.45. The van der Waals surface area contributed by atoms with Crippen molar-refractivity contribution in [2.45, 2.75) is 13.5 Å². The molecule has 1 N–H and O–H groups in total. The molecule has 0 saturated heterocycles. The van der Waals surface area contributed by atoms with E-state index in [9.17, 15) is 0 Å². The van der Waals surface area contributed by atoms with Crippen LogP contribution in [0.5, 0.6) is 11.5 Å². The van der Waals surface area contributed by atoms with Crippen LogP contribution < -0.4 is 14.8 Å². The van der Waals surface area contributed by atoms with Gasteiger partial charge in [0.1, 0.15) is 18.1 Å². The van der Waals surface area contributed by atoms with Gasteiger partial charge in [-0.05, 0) is 41.1 Å². The zero-order valence-electron chi connectivity index (χ0n) is 11.4. The molecule has 0 atom stereocenters. The highest BCUT2D eigenvalue weighted by atomic mass is 79.9. The van der Waals surface area contributed by atoms with Crippen LogP contribution in [0.1, 0.15) is 11.8 Å². The zero-order chi connectivity index (χ0) is 14.2. The van der Waals surface area contributed by atoms with Crippen molar-refractivity contribution < 1.29 is 9.47 Å². The highest BCUT2D eigenvalue weighted by Gasteiger charge is 1.99. The van der Waals surface area contributed by atoms with Crippen LogP contribution in [0.2, 0.25) is 0 Å². The molecule has 1 aromatic carbocycles. The SMILES string of the molecule is CCOc1cccc(OCCNCc2cc(Br)cs2)c1. The summed E-state index contributed by atoms with van der Waals surface area (Å²) in [5.74, 6) is 1.69. The first-order chi connectivity index (χ1) is 9.78. The van der Waals surface area contributed by atoms with Gasteiger partial charge in [-0.3, -0.25) is 0 Å². The van der Waals surface area contributed by atoms with E-state index in [1.165, 1.54) is 4.88 Å². The Labute approximate surface area is 132 Å². The molecule has 0 aliphatic carbocycles. The largest absolute Gasteiger partial charge is 0.494 e. The second-order valence-corrected chi connectivity index (χ2v) is 6.08. The van der Waals surface area contributed by atoms with Gasteiger partial charge in [0.05, 0.1) is 6.61 Å². The van der Waals surface area contributed by atoms with Crippen molar-refractivity contribution in [3.63, 3.8) is 0 Å². The molecule has 3 nitrogen and oxygen atoms in total. The number of benzene rings is 1. The van der Waals surface area contributed by atoms with Gasteiger partial charge in [0.25, 0.3) is 0 Å². The first-order valence-corrected chi connectivity index (χ1v) is 8.24. The van der Waals surface area contributed by atoms with Gasteiger partial charge in [0.15, 0.2) is 0 Å². The molecule has 0 unspecified atom stereocenters. The Balaban J connectivity index is 1.66. The van der Waals surface area contributed by atoms with Gasteiger partial charge in [0.2, 0.25) is 0 Å². The third-order valence-electron chi connectivity index (χ3n) is 2.59. The molecular weight excluding hydrogens is 338 g/mol. The first kappa shape index (κ1) is 15.4. The molecule has 108 valence electrons. The Morgan fingerprint density at radius 2 is 2.00 bits per heavy atom. The fraction of sp³-hybridized carbons (Fsp3) is 0.333. The van der Waals surface area contributed by atoms with Crippen LogP contribution >= 0.6 is 27.3 Å². The van der Waals surface area contributed by atoms with Gasteiger partial charge in [-0.25, -0.2) is 0 Å². The van der Waals surface area contributed by atoms with Crippen LogP contribution in [0.15, 0.2) is 40.2 Å². The van der Waals surface area contributed by atoms with Crippen molar-refractivity contribution in [1.82, 2.24) is 5.32 Å². The number of ether oxygens (including phenoxy) is 2. The summed E-state index contributed by atoms with van der Waals surface area (Å²) in [6.45, 7) is 4.97. The molecule has 0 aliphatic heterocycles. The van der Waals surface area contributed by atoms with Gasteiger partial charge < -0.3 is 14.8 Å². The molecular formula is C15H18BrNO2S. The maximum atomic E-state index is 5.69. The van der Waals surface area contributed by atoms with Crippen molar-refractivity contribution in [3.05, 3.63) is 45.1 Å². The van der Waals surface area contributed by atoms with E-state index in [0.29, 0.717) is 13.2 Å². The molecule has 5 heteroatoms. The lowest BCUT2D eigenvalue weighted by Crippen LogP contribution is -2.20. The molecule has 0 bridgehead atoms. The van der Waals surface area contributed by atoms with Crippen molar-refractivity contribution >= 4 is 27.3 Å². The van der Waals surface area contributed by atoms with Gasteiger partial charge in [-0.15, -0.1) is 11.3 Å². The lowest BCUT2D eigenvalue weighted by atomic mass is 10.3. The number of thiophene rings is 1. The van der Waals surface area contributed by atoms with E-state index in [-0.39, 0.29) is 0 Å². The molecule has 20 heavy (non-hydrogen) atoms. The van der Waals surface area contributed by atoms with Gasteiger partial charge >= 0.3 is 0 Å². The van der Waals surface area contributed by atoms with Crippen molar-refractivity contribution in [3.8, 4) is 11.5 Å². The second kappa shape index (κ2) is 8.29. The molecule has 0 radical (unpaired) electrons. The number of nitrogens with one attached hydrogen (secondary N) is 1. The van der Waals surface area contributed by atoms with Crippen LogP contribution in [0.25, 0.3) is 0 Å². The van der Waals surface area contributed by atoms with Gasteiger partial charge in [-0.2, -0.15) is 0 Å². The fourth-order valence-corrected chi connectivity index (χ4v) is 3.14. The summed E-state index contributed by atoms with van der Waals surface area (Å²) in [4.78, 5) is 1.32. The van der Waals surface area contributed by atoms with Crippen molar-refractivity contribution in [1.29, 1.82) is 0 Å². The first-order valence-electron chi connectivity index (χ1n) is 6.57. The summed E-state index contributed by atoms with van der Waals surface area (Å²) in [6.07, 6.45) is 0. The van der Waals surface area contributed by atoms with Crippen molar-refractivity contribution in [2.24, 2.45) is 0 Å². The average molecular weight is 356 g/mol. The Kier molecular flexibility index (Phi) is 6.36. The van der Waals surface area contributed by atoms with Crippen LogP contribution in [-0.2, 0) is 6.54 Å². The van der Waals surface area contributed by atoms with E-state index in [0.717, 1.165) is 29.1 Å². The molecule has 0 amide bonds. The van der Waals surface area contributed by atoms with Crippen LogP contribution in [0, 0.1) is 0 Å². The molecule has 0 fully saturated rings. The average Bonchev–Trinajstić information content (AvgIpc) is 2.85. The highest BCUT2D eigenvalue weighted by molar-refractivity contribution is 9.10. The molecule has 2 aromatic rings. The highest BCUT2D eigenvalue weighted by Crippen LogP contribution is 2.20. The summed E-state index contributed by atoms with van der Waals surface area (Å²) < 4.78 is 12.3. The molecule has 2 rings (SSSR count). The zero-order valence-corrected chi connectivity index (χ0v) is 13.8. The van der Waals surface area contributed by atoms with E-state index in [1.807, 2.05) is 31.2 Å².